The maximum Gasteiger partial charge on any atom is 0.226 e. The fourth-order valence-corrected chi connectivity index (χ4v) is 5.04. The Labute approximate surface area is 184 Å². The summed E-state index contributed by atoms with van der Waals surface area (Å²) >= 11 is 0. The third kappa shape index (κ3) is 4.50. The van der Waals surface area contributed by atoms with E-state index >= 15 is 0 Å². The lowest BCUT2D eigenvalue weighted by Crippen LogP contribution is -2.34. The lowest BCUT2D eigenvalue weighted by atomic mass is 10.00. The number of aromatic amines is 1. The summed E-state index contributed by atoms with van der Waals surface area (Å²) in [6.45, 7) is 3.97. The second-order valence-corrected chi connectivity index (χ2v) is 8.87. The topological polar surface area (TPSA) is 52.2 Å². The average Bonchev–Trinajstić information content (AvgIpc) is 3.40. The van der Waals surface area contributed by atoms with E-state index in [2.05, 4.69) is 38.2 Å². The standard InChI is InChI=1S/C26H30N4O/c31-26(15-20-5-2-1-3-6-20)29-12-4-7-21(10-13-29)19-30-14-11-23-16-22(8-9-25(23)30)24-17-27-28-18-24/h1-3,5-6,8-9,16-18,21H,4,7,10-15,19H2,(H,27,28). The first-order valence-electron chi connectivity index (χ1n) is 11.4. The zero-order valence-electron chi connectivity index (χ0n) is 18.0. The summed E-state index contributed by atoms with van der Waals surface area (Å²) < 4.78 is 0. The molecular formula is C26H30N4O. The molecule has 31 heavy (non-hydrogen) atoms. The highest BCUT2D eigenvalue weighted by atomic mass is 16.2. The molecule has 0 saturated carbocycles. The second kappa shape index (κ2) is 8.96. The Morgan fingerprint density at radius 1 is 1.03 bits per heavy atom. The fourth-order valence-electron chi connectivity index (χ4n) is 5.04. The number of hydrogen-bond donors (Lipinski definition) is 1. The maximum absolute atomic E-state index is 12.8. The van der Waals surface area contributed by atoms with Crippen LogP contribution in [0.2, 0.25) is 0 Å². The van der Waals surface area contributed by atoms with Gasteiger partial charge in [0.25, 0.3) is 0 Å². The zero-order chi connectivity index (χ0) is 21.0. The van der Waals surface area contributed by atoms with Crippen molar-refractivity contribution in [1.82, 2.24) is 15.1 Å². The molecule has 2 aliphatic heterocycles. The molecule has 1 amide bonds. The second-order valence-electron chi connectivity index (χ2n) is 8.87. The van der Waals surface area contributed by atoms with E-state index in [-0.39, 0.29) is 5.91 Å². The van der Waals surface area contributed by atoms with Crippen LogP contribution in [-0.2, 0) is 17.6 Å². The molecule has 160 valence electrons. The van der Waals surface area contributed by atoms with Crippen LogP contribution in [0, 0.1) is 5.92 Å². The molecule has 1 aromatic heterocycles. The van der Waals surface area contributed by atoms with Gasteiger partial charge >= 0.3 is 0 Å². The van der Waals surface area contributed by atoms with Gasteiger partial charge in [-0.1, -0.05) is 36.4 Å². The number of carbonyl (C=O) groups is 1. The molecule has 1 atom stereocenters. The van der Waals surface area contributed by atoms with Gasteiger partial charge in [-0.25, -0.2) is 0 Å². The average molecular weight is 415 g/mol. The summed E-state index contributed by atoms with van der Waals surface area (Å²) in [5.41, 5.74) is 6.30. The Balaban J connectivity index is 1.18. The number of nitrogens with zero attached hydrogens (tertiary/aromatic N) is 3. The Hall–Kier alpha value is -3.08. The number of carbonyl (C=O) groups excluding carboxylic acids is 1. The van der Waals surface area contributed by atoms with Gasteiger partial charge in [0.05, 0.1) is 12.6 Å². The molecule has 1 saturated heterocycles. The summed E-state index contributed by atoms with van der Waals surface area (Å²) in [5, 5.41) is 6.97. The lowest BCUT2D eigenvalue weighted by Gasteiger charge is -2.25. The molecule has 3 heterocycles. The quantitative estimate of drug-likeness (QED) is 0.677. The van der Waals surface area contributed by atoms with Crippen LogP contribution in [0.15, 0.2) is 60.9 Å². The molecule has 0 aliphatic carbocycles. The Morgan fingerprint density at radius 3 is 2.77 bits per heavy atom. The van der Waals surface area contributed by atoms with Crippen molar-refractivity contribution in [2.45, 2.75) is 32.1 Å². The number of hydrogen-bond acceptors (Lipinski definition) is 3. The van der Waals surface area contributed by atoms with Crippen molar-refractivity contribution >= 4 is 11.6 Å². The van der Waals surface area contributed by atoms with Crippen molar-refractivity contribution in [2.75, 3.05) is 31.1 Å². The van der Waals surface area contributed by atoms with Gasteiger partial charge in [0, 0.05) is 43.6 Å². The third-order valence-electron chi connectivity index (χ3n) is 6.78. The first-order valence-corrected chi connectivity index (χ1v) is 11.4. The number of H-pyrrole nitrogens is 1. The highest BCUT2D eigenvalue weighted by Crippen LogP contribution is 2.33. The molecule has 2 aromatic carbocycles. The van der Waals surface area contributed by atoms with Gasteiger partial charge < -0.3 is 9.80 Å². The minimum absolute atomic E-state index is 0.269. The van der Waals surface area contributed by atoms with Crippen molar-refractivity contribution in [1.29, 1.82) is 0 Å². The van der Waals surface area contributed by atoms with E-state index in [1.54, 1.807) is 0 Å². The van der Waals surface area contributed by atoms with E-state index < -0.39 is 0 Å². The first kappa shape index (κ1) is 19.9. The molecule has 1 unspecified atom stereocenters. The molecular weight excluding hydrogens is 384 g/mol. The fraction of sp³-hybridized carbons (Fsp3) is 0.385. The number of nitrogens with one attached hydrogen (secondary N) is 1. The Bertz CT molecular complexity index is 1020. The van der Waals surface area contributed by atoms with Gasteiger partial charge in [0.2, 0.25) is 5.91 Å². The summed E-state index contributed by atoms with van der Waals surface area (Å²) in [4.78, 5) is 17.4. The van der Waals surface area contributed by atoms with Crippen molar-refractivity contribution in [2.24, 2.45) is 5.92 Å². The smallest absolute Gasteiger partial charge is 0.226 e. The SMILES string of the molecule is O=C(Cc1ccccc1)N1CCCC(CN2CCc3cc(-c4cn[nH]c4)ccc32)CC1. The molecule has 2 aliphatic rings. The predicted molar refractivity (Wildman–Crippen MR) is 124 cm³/mol. The van der Waals surface area contributed by atoms with Gasteiger partial charge in [-0.3, -0.25) is 9.89 Å². The number of rotatable bonds is 5. The Morgan fingerprint density at radius 2 is 1.94 bits per heavy atom. The molecule has 0 spiro atoms. The third-order valence-corrected chi connectivity index (χ3v) is 6.78. The minimum atomic E-state index is 0.269. The molecule has 0 bridgehead atoms. The Kier molecular flexibility index (Phi) is 5.74. The van der Waals surface area contributed by atoms with Gasteiger partial charge in [-0.05, 0) is 60.4 Å². The van der Waals surface area contributed by atoms with Crippen molar-refractivity contribution in [3.63, 3.8) is 0 Å². The van der Waals surface area contributed by atoms with Crippen molar-refractivity contribution < 1.29 is 4.79 Å². The number of likely N-dealkylation sites (tertiary alicyclic amines) is 1. The molecule has 1 N–H and O–H groups in total. The van der Waals surface area contributed by atoms with Crippen LogP contribution in [0.1, 0.15) is 30.4 Å². The zero-order valence-corrected chi connectivity index (χ0v) is 18.0. The molecule has 5 rings (SSSR count). The van der Waals surface area contributed by atoms with E-state index in [0.717, 1.165) is 56.6 Å². The number of fused-ring (bicyclic) bond motifs is 1. The normalized spacial score (nSPS) is 18.6. The van der Waals surface area contributed by atoms with E-state index in [1.165, 1.54) is 23.2 Å². The van der Waals surface area contributed by atoms with E-state index in [4.69, 9.17) is 0 Å². The van der Waals surface area contributed by atoms with Gasteiger partial charge in [0.1, 0.15) is 0 Å². The molecule has 1 fully saturated rings. The van der Waals surface area contributed by atoms with Gasteiger partial charge in [-0.2, -0.15) is 5.10 Å². The summed E-state index contributed by atoms with van der Waals surface area (Å²) in [6.07, 6.45) is 8.86. The lowest BCUT2D eigenvalue weighted by molar-refractivity contribution is -0.130. The van der Waals surface area contributed by atoms with Gasteiger partial charge in [0.15, 0.2) is 0 Å². The van der Waals surface area contributed by atoms with Crippen LogP contribution in [0.4, 0.5) is 5.69 Å². The van der Waals surface area contributed by atoms with Crippen LogP contribution in [0.5, 0.6) is 0 Å². The van der Waals surface area contributed by atoms with Crippen LogP contribution in [-0.4, -0.2) is 47.2 Å². The largest absolute Gasteiger partial charge is 0.371 e. The molecule has 3 aromatic rings. The number of benzene rings is 2. The number of amides is 1. The molecule has 0 radical (unpaired) electrons. The first-order chi connectivity index (χ1) is 15.3. The summed E-state index contributed by atoms with van der Waals surface area (Å²) in [6, 6.07) is 16.9. The van der Waals surface area contributed by atoms with Crippen LogP contribution < -0.4 is 4.90 Å². The molecule has 5 heteroatoms. The van der Waals surface area contributed by atoms with Crippen LogP contribution >= 0.6 is 0 Å². The highest BCUT2D eigenvalue weighted by Gasteiger charge is 2.25. The van der Waals surface area contributed by atoms with Gasteiger partial charge in [-0.15, -0.1) is 0 Å². The number of anilines is 1. The predicted octanol–water partition coefficient (Wildman–Crippen LogP) is 4.31. The highest BCUT2D eigenvalue weighted by molar-refractivity contribution is 5.78. The van der Waals surface area contributed by atoms with Crippen molar-refractivity contribution in [3.8, 4) is 11.1 Å². The number of aromatic nitrogens is 2. The maximum atomic E-state index is 12.8. The van der Waals surface area contributed by atoms with Crippen LogP contribution in [0.3, 0.4) is 0 Å². The monoisotopic (exact) mass is 414 g/mol. The van der Waals surface area contributed by atoms with Crippen LogP contribution in [0.25, 0.3) is 11.1 Å². The van der Waals surface area contributed by atoms with E-state index in [0.29, 0.717) is 12.3 Å². The minimum Gasteiger partial charge on any atom is -0.371 e. The van der Waals surface area contributed by atoms with E-state index in [1.807, 2.05) is 42.7 Å². The molecule has 5 nitrogen and oxygen atoms in total. The van der Waals surface area contributed by atoms with E-state index in [9.17, 15) is 4.79 Å². The summed E-state index contributed by atoms with van der Waals surface area (Å²) in [5.74, 6) is 0.916. The van der Waals surface area contributed by atoms with Crippen molar-refractivity contribution in [3.05, 3.63) is 72.1 Å². The summed E-state index contributed by atoms with van der Waals surface area (Å²) in [7, 11) is 0.